The second-order valence-electron chi connectivity index (χ2n) is 5.95. The van der Waals surface area contributed by atoms with Crippen LogP contribution in [0.1, 0.15) is 0 Å². The molecule has 2 heterocycles. The maximum absolute atomic E-state index is 12.8. The number of para-hydroxylation sites is 1. The van der Waals surface area contributed by atoms with Crippen molar-refractivity contribution >= 4 is 28.5 Å². The van der Waals surface area contributed by atoms with Gasteiger partial charge in [-0.05, 0) is 23.8 Å². The molecule has 0 saturated heterocycles. The van der Waals surface area contributed by atoms with E-state index in [0.29, 0.717) is 28.4 Å². The molecular weight excluding hydrogens is 326 g/mol. The van der Waals surface area contributed by atoms with E-state index >= 15 is 0 Å². The number of fused-ring (bicyclic) bond motifs is 1. The van der Waals surface area contributed by atoms with Crippen molar-refractivity contribution in [3.63, 3.8) is 0 Å². The molecule has 0 spiro atoms. The summed E-state index contributed by atoms with van der Waals surface area (Å²) in [7, 11) is 1.69. The van der Waals surface area contributed by atoms with Crippen LogP contribution in [0.5, 0.6) is 0 Å². The van der Waals surface area contributed by atoms with Gasteiger partial charge in [0.15, 0.2) is 0 Å². The Balaban J connectivity index is 1.88. The van der Waals surface area contributed by atoms with Crippen LogP contribution in [-0.4, -0.2) is 14.5 Å². The summed E-state index contributed by atoms with van der Waals surface area (Å²) in [6, 6.07) is 20.8. The van der Waals surface area contributed by atoms with Gasteiger partial charge >= 0.3 is 0 Å². The van der Waals surface area contributed by atoms with E-state index in [2.05, 4.69) is 15.3 Å². The molecule has 0 bridgehead atoms. The molecule has 2 aromatic carbocycles. The number of nitrogen functional groups attached to an aromatic ring is 1. The van der Waals surface area contributed by atoms with E-state index < -0.39 is 0 Å². The molecule has 6 nitrogen and oxygen atoms in total. The first-order valence-corrected chi connectivity index (χ1v) is 8.18. The Morgan fingerprint density at radius 2 is 1.62 bits per heavy atom. The van der Waals surface area contributed by atoms with Crippen LogP contribution in [0.25, 0.3) is 22.2 Å². The smallest absolute Gasteiger partial charge is 0.259 e. The van der Waals surface area contributed by atoms with E-state index in [0.717, 1.165) is 11.3 Å². The lowest BCUT2D eigenvalue weighted by atomic mass is 10.1. The van der Waals surface area contributed by atoms with Crippen molar-refractivity contribution < 1.29 is 0 Å². The lowest BCUT2D eigenvalue weighted by Crippen LogP contribution is -2.20. The summed E-state index contributed by atoms with van der Waals surface area (Å²) < 4.78 is 1.51. The molecule has 26 heavy (non-hydrogen) atoms. The van der Waals surface area contributed by atoms with Crippen molar-refractivity contribution in [2.45, 2.75) is 0 Å². The molecule has 6 heteroatoms. The Labute approximate surface area is 150 Å². The molecular formula is C20H17N5O. The van der Waals surface area contributed by atoms with Crippen molar-refractivity contribution in [2.24, 2.45) is 7.05 Å². The van der Waals surface area contributed by atoms with Gasteiger partial charge < -0.3 is 11.1 Å². The van der Waals surface area contributed by atoms with Gasteiger partial charge in [0.2, 0.25) is 5.95 Å². The zero-order valence-corrected chi connectivity index (χ0v) is 14.2. The number of hydrogen-bond acceptors (Lipinski definition) is 5. The minimum absolute atomic E-state index is 0.132. The molecule has 0 unspecified atom stereocenters. The van der Waals surface area contributed by atoms with E-state index in [1.807, 2.05) is 60.7 Å². The highest BCUT2D eigenvalue weighted by Gasteiger charge is 2.14. The highest BCUT2D eigenvalue weighted by atomic mass is 16.1. The predicted octanol–water partition coefficient (Wildman–Crippen LogP) is 3.32. The van der Waals surface area contributed by atoms with Crippen LogP contribution in [0.3, 0.4) is 0 Å². The molecule has 3 N–H and O–H groups in total. The van der Waals surface area contributed by atoms with Crippen molar-refractivity contribution in [1.82, 2.24) is 14.5 Å². The Bertz CT molecular complexity index is 1140. The average molecular weight is 343 g/mol. The Hall–Kier alpha value is -3.67. The first-order chi connectivity index (χ1) is 12.6. The second kappa shape index (κ2) is 6.33. The third-order valence-corrected chi connectivity index (χ3v) is 4.21. The minimum atomic E-state index is -0.132. The van der Waals surface area contributed by atoms with Crippen LogP contribution in [0.2, 0.25) is 0 Å². The summed E-state index contributed by atoms with van der Waals surface area (Å²) in [5.74, 6) is 0.671. The molecule has 0 atom stereocenters. The summed E-state index contributed by atoms with van der Waals surface area (Å²) in [5.41, 5.74) is 8.77. The number of aromatic nitrogens is 3. The summed E-state index contributed by atoms with van der Waals surface area (Å²) >= 11 is 0. The fourth-order valence-electron chi connectivity index (χ4n) is 2.88. The minimum Gasteiger partial charge on any atom is -0.383 e. The topological polar surface area (TPSA) is 85.8 Å². The van der Waals surface area contributed by atoms with Crippen molar-refractivity contribution in [3.05, 3.63) is 77.1 Å². The number of pyridine rings is 1. The van der Waals surface area contributed by atoms with Gasteiger partial charge in [-0.3, -0.25) is 9.36 Å². The quantitative estimate of drug-likeness (QED) is 0.596. The van der Waals surface area contributed by atoms with Gasteiger partial charge in [0, 0.05) is 18.3 Å². The maximum Gasteiger partial charge on any atom is 0.259 e. The number of benzene rings is 2. The zero-order valence-electron chi connectivity index (χ0n) is 14.2. The fraction of sp³-hybridized carbons (Fsp3) is 0.0500. The largest absolute Gasteiger partial charge is 0.383 e. The first-order valence-electron chi connectivity index (χ1n) is 8.18. The molecule has 0 aliphatic rings. The van der Waals surface area contributed by atoms with Gasteiger partial charge in [-0.1, -0.05) is 48.5 Å². The normalized spacial score (nSPS) is 10.8. The summed E-state index contributed by atoms with van der Waals surface area (Å²) in [6.07, 6.45) is 0. The van der Waals surface area contributed by atoms with Crippen LogP contribution in [-0.2, 0) is 7.05 Å². The Kier molecular flexibility index (Phi) is 3.85. The molecule has 0 radical (unpaired) electrons. The number of nitrogens with zero attached hydrogens (tertiary/aromatic N) is 3. The SMILES string of the molecule is Cn1c(=O)c(-c2ccccc2)cc2c(N)nc(Nc3ccccc3)nc21. The van der Waals surface area contributed by atoms with E-state index in [1.165, 1.54) is 4.57 Å². The van der Waals surface area contributed by atoms with Gasteiger partial charge in [0.1, 0.15) is 11.5 Å². The lowest BCUT2D eigenvalue weighted by molar-refractivity contribution is 0.888. The van der Waals surface area contributed by atoms with Crippen LogP contribution in [0.4, 0.5) is 17.5 Å². The fourth-order valence-corrected chi connectivity index (χ4v) is 2.88. The number of anilines is 3. The zero-order chi connectivity index (χ0) is 18.1. The van der Waals surface area contributed by atoms with Gasteiger partial charge in [0.25, 0.3) is 5.56 Å². The number of nitrogens with one attached hydrogen (secondary N) is 1. The highest BCUT2D eigenvalue weighted by molar-refractivity contribution is 5.90. The van der Waals surface area contributed by atoms with E-state index in [9.17, 15) is 4.79 Å². The standard InChI is InChI=1S/C20H17N5O/c1-25-18-16(12-15(19(25)26)13-8-4-2-5-9-13)17(21)23-20(24-18)22-14-10-6-3-7-11-14/h2-12H,1H3,(H3,21,22,23,24). The van der Waals surface area contributed by atoms with Gasteiger partial charge in [0.05, 0.1) is 5.39 Å². The van der Waals surface area contributed by atoms with Gasteiger partial charge in [-0.15, -0.1) is 0 Å². The molecule has 0 fully saturated rings. The van der Waals surface area contributed by atoms with Crippen molar-refractivity contribution in [3.8, 4) is 11.1 Å². The molecule has 0 saturated carbocycles. The number of nitrogens with two attached hydrogens (primary N) is 1. The molecule has 4 rings (SSSR count). The number of hydrogen-bond donors (Lipinski definition) is 2. The molecule has 0 amide bonds. The molecule has 0 aliphatic heterocycles. The average Bonchev–Trinajstić information content (AvgIpc) is 2.67. The summed E-state index contributed by atoms with van der Waals surface area (Å²) in [6.45, 7) is 0. The highest BCUT2D eigenvalue weighted by Crippen LogP contribution is 2.24. The summed E-state index contributed by atoms with van der Waals surface area (Å²) in [5, 5.41) is 3.76. The van der Waals surface area contributed by atoms with Crippen LogP contribution >= 0.6 is 0 Å². The molecule has 4 aromatic rings. The van der Waals surface area contributed by atoms with Gasteiger partial charge in [-0.2, -0.15) is 9.97 Å². The molecule has 2 aromatic heterocycles. The summed E-state index contributed by atoms with van der Waals surface area (Å²) in [4.78, 5) is 21.6. The second-order valence-corrected chi connectivity index (χ2v) is 5.95. The van der Waals surface area contributed by atoms with Crippen LogP contribution < -0.4 is 16.6 Å². The number of aryl methyl sites for hydroxylation is 1. The molecule has 0 aliphatic carbocycles. The Morgan fingerprint density at radius 1 is 0.962 bits per heavy atom. The molecule has 128 valence electrons. The van der Waals surface area contributed by atoms with Crippen LogP contribution in [0, 0.1) is 0 Å². The van der Waals surface area contributed by atoms with Crippen molar-refractivity contribution in [1.29, 1.82) is 0 Å². The maximum atomic E-state index is 12.8. The monoisotopic (exact) mass is 343 g/mol. The Morgan fingerprint density at radius 3 is 2.31 bits per heavy atom. The van der Waals surface area contributed by atoms with Crippen LogP contribution in [0.15, 0.2) is 71.5 Å². The van der Waals surface area contributed by atoms with E-state index in [-0.39, 0.29) is 5.56 Å². The van der Waals surface area contributed by atoms with Gasteiger partial charge in [-0.25, -0.2) is 0 Å². The van der Waals surface area contributed by atoms with Crippen molar-refractivity contribution in [2.75, 3.05) is 11.1 Å². The lowest BCUT2D eigenvalue weighted by Gasteiger charge is -2.12. The number of rotatable bonds is 3. The third kappa shape index (κ3) is 2.77. The van der Waals surface area contributed by atoms with E-state index in [1.54, 1.807) is 13.1 Å². The third-order valence-electron chi connectivity index (χ3n) is 4.21. The first kappa shape index (κ1) is 15.8. The van der Waals surface area contributed by atoms with E-state index in [4.69, 9.17) is 5.73 Å². The predicted molar refractivity (Wildman–Crippen MR) is 104 cm³/mol.